The van der Waals surface area contributed by atoms with Crippen molar-refractivity contribution in [2.75, 3.05) is 18.9 Å². The van der Waals surface area contributed by atoms with E-state index in [1.54, 1.807) is 4.57 Å². The lowest BCUT2D eigenvalue weighted by molar-refractivity contribution is -0.0403. The maximum atomic E-state index is 15.6. The summed E-state index contributed by atoms with van der Waals surface area (Å²) in [4.78, 5) is 57.5. The van der Waals surface area contributed by atoms with Gasteiger partial charge in [-0.05, 0) is 11.8 Å². The first-order chi connectivity index (χ1) is 19.6. The number of thiol groups is 1. The molecule has 0 spiro atoms. The Morgan fingerprint density at radius 2 is 2.20 bits per heavy atom. The number of aromatic amines is 1. The highest BCUT2D eigenvalue weighted by Crippen LogP contribution is 2.47. The molecule has 22 heteroatoms. The summed E-state index contributed by atoms with van der Waals surface area (Å²) in [5.74, 6) is 0.166. The maximum absolute atomic E-state index is 15.6. The third-order valence-electron chi connectivity index (χ3n) is 5.98. The van der Waals surface area contributed by atoms with Gasteiger partial charge in [-0.3, -0.25) is 14.3 Å². The fourth-order valence-electron chi connectivity index (χ4n) is 4.28. The van der Waals surface area contributed by atoms with E-state index in [4.69, 9.17) is 36.1 Å². The molecule has 0 bridgehead atoms. The normalized spacial score (nSPS) is 22.3. The zero-order valence-corrected chi connectivity index (χ0v) is 24.5. The van der Waals surface area contributed by atoms with Crippen molar-refractivity contribution in [2.24, 2.45) is 0 Å². The Kier molecular flexibility index (Phi) is 8.93. The smallest absolute Gasteiger partial charge is 0.364 e. The van der Waals surface area contributed by atoms with Crippen LogP contribution in [0.25, 0.3) is 22.3 Å². The van der Waals surface area contributed by atoms with Gasteiger partial charge in [-0.1, -0.05) is 12.6 Å². The summed E-state index contributed by atoms with van der Waals surface area (Å²) in [5.41, 5.74) is 5.93. The van der Waals surface area contributed by atoms with Gasteiger partial charge in [0.1, 0.15) is 36.5 Å². The fourth-order valence-corrected chi connectivity index (χ4v) is 6.02. The number of nitrogens with zero attached hydrogens (tertiary/aromatic N) is 7. The number of alkyl halides is 1. The highest BCUT2D eigenvalue weighted by molar-refractivity contribution is 8.08. The van der Waals surface area contributed by atoms with Gasteiger partial charge in [0, 0.05) is 9.47 Å². The Morgan fingerprint density at radius 1 is 1.39 bits per heavy atom. The molecule has 6 atom stereocenters. The Bertz CT molecular complexity index is 1690. The molecule has 0 aromatic carbocycles. The average molecular weight is 649 g/mol. The standard InChI is InChI=1S/C19H23FN10O7P2S2/c20-11-9(5-35-38)36-17(30-7-24-12-15(30)27-18(21)28-16(12)31)13(11)37-39(33,41)25-4-10-26-8-3-22-6-23-14(8)29(10)1-2-34-19(32)40/h3,6-7,9,11,13,17H,1-2,4-5,38H2,(H,32,40)(H2,25,33,41)(H3,21,27,28,31)/t9-,11-,13-,17-,39?/m1/s1. The number of fused-ring (bicyclic) bond motifs is 2. The van der Waals surface area contributed by atoms with Crippen LogP contribution in [0.5, 0.6) is 0 Å². The zero-order valence-electron chi connectivity index (χ0n) is 20.7. The molecule has 17 nitrogen and oxygen atoms in total. The predicted molar refractivity (Wildman–Crippen MR) is 151 cm³/mol. The zero-order chi connectivity index (χ0) is 29.3. The molecule has 1 aliphatic rings. The number of nitrogens with two attached hydrogens (primary N) is 1. The van der Waals surface area contributed by atoms with Crippen LogP contribution in [0, 0.1) is 0 Å². The van der Waals surface area contributed by atoms with Crippen molar-refractivity contribution >= 4 is 74.1 Å². The van der Waals surface area contributed by atoms with Gasteiger partial charge < -0.3 is 33.7 Å². The van der Waals surface area contributed by atoms with Crippen LogP contribution in [0.2, 0.25) is 0 Å². The number of H-pyrrole nitrogens is 1. The summed E-state index contributed by atoms with van der Waals surface area (Å²) in [5, 5.41) is 1.97. The van der Waals surface area contributed by atoms with E-state index in [0.717, 1.165) is 0 Å². The molecule has 2 unspecified atom stereocenters. The highest BCUT2D eigenvalue weighted by Gasteiger charge is 2.49. The number of aromatic nitrogens is 8. The number of rotatable bonds is 11. The monoisotopic (exact) mass is 648 g/mol. The SMILES string of the molecule is Nc1nc2c(ncn2[C@@H]2O[C@H](COP)[C@@H](F)[C@H]2OP(O)(=S)NCc2nc3cncnc3n2CCOC(=O)S)c(=O)[nH]1. The van der Waals surface area contributed by atoms with Crippen LogP contribution in [-0.2, 0) is 43.4 Å². The maximum Gasteiger partial charge on any atom is 0.364 e. The van der Waals surface area contributed by atoms with Gasteiger partial charge in [0.25, 0.3) is 12.2 Å². The Balaban J connectivity index is 1.39. The molecule has 1 saturated heterocycles. The van der Waals surface area contributed by atoms with Crippen LogP contribution in [0.3, 0.4) is 0 Å². The minimum absolute atomic E-state index is 0.0143. The van der Waals surface area contributed by atoms with Crippen LogP contribution in [0.4, 0.5) is 15.1 Å². The molecule has 5 heterocycles. The van der Waals surface area contributed by atoms with Gasteiger partial charge in [-0.15, -0.1) is 0 Å². The molecule has 0 amide bonds. The van der Waals surface area contributed by atoms with Crippen LogP contribution >= 0.6 is 28.7 Å². The highest BCUT2D eigenvalue weighted by atomic mass is 32.5. The second kappa shape index (κ2) is 12.3. The van der Waals surface area contributed by atoms with Crippen molar-refractivity contribution in [1.82, 2.24) is 44.1 Å². The van der Waals surface area contributed by atoms with Crippen molar-refractivity contribution in [3.63, 3.8) is 0 Å². The van der Waals surface area contributed by atoms with Gasteiger partial charge in [-0.2, -0.15) is 4.98 Å². The average Bonchev–Trinajstić information content (AvgIpc) is 3.58. The minimum atomic E-state index is -3.93. The van der Waals surface area contributed by atoms with Crippen molar-refractivity contribution in [2.45, 2.75) is 37.7 Å². The number of carbonyl (C=O) groups excluding carboxylic acids is 1. The van der Waals surface area contributed by atoms with Crippen molar-refractivity contribution < 1.29 is 32.6 Å². The largest absolute Gasteiger partial charge is 0.456 e. The van der Waals surface area contributed by atoms with Crippen LogP contribution < -0.4 is 16.4 Å². The third-order valence-corrected chi connectivity index (χ3v) is 8.03. The van der Waals surface area contributed by atoms with Crippen LogP contribution in [-0.4, -0.2) is 80.8 Å². The number of imidazole rings is 2. The summed E-state index contributed by atoms with van der Waals surface area (Å²) >= 11 is 8.90. The van der Waals surface area contributed by atoms with E-state index in [0.29, 0.717) is 17.0 Å². The van der Waals surface area contributed by atoms with Gasteiger partial charge in [0.05, 0.1) is 32.2 Å². The molecule has 5 N–H and O–H groups in total. The topological polar surface area (TPSA) is 219 Å². The lowest BCUT2D eigenvalue weighted by Gasteiger charge is -2.26. The van der Waals surface area contributed by atoms with Crippen LogP contribution in [0.1, 0.15) is 12.1 Å². The minimum Gasteiger partial charge on any atom is -0.456 e. The van der Waals surface area contributed by atoms with Gasteiger partial charge in [0.2, 0.25) is 5.95 Å². The van der Waals surface area contributed by atoms with E-state index >= 15 is 4.39 Å². The number of halogens is 1. The lowest BCUT2D eigenvalue weighted by atomic mass is 10.1. The molecular weight excluding hydrogens is 625 g/mol. The summed E-state index contributed by atoms with van der Waals surface area (Å²) in [6, 6.07) is 0. The first-order valence-electron chi connectivity index (χ1n) is 11.7. The first kappa shape index (κ1) is 29.8. The number of carbonyl (C=O) groups is 1. The quantitative estimate of drug-likeness (QED) is 0.0841. The fraction of sp³-hybridized carbons (Fsp3) is 0.421. The first-order valence-corrected chi connectivity index (χ1v) is 15.3. The molecule has 1 aliphatic heterocycles. The van der Waals surface area contributed by atoms with Gasteiger partial charge in [-0.25, -0.2) is 34.2 Å². The third kappa shape index (κ3) is 6.40. The molecule has 0 radical (unpaired) electrons. The molecule has 41 heavy (non-hydrogen) atoms. The molecule has 220 valence electrons. The summed E-state index contributed by atoms with van der Waals surface area (Å²) < 4.78 is 40.0. The summed E-state index contributed by atoms with van der Waals surface area (Å²) in [7, 11) is 2.00. The number of nitrogen functional groups attached to an aromatic ring is 1. The molecular formula is C19H23FN10O7P2S2. The Hall–Kier alpha value is -2.67. The summed E-state index contributed by atoms with van der Waals surface area (Å²) in [6.07, 6.45) is -1.62. The second-order valence-electron chi connectivity index (χ2n) is 8.57. The molecule has 0 saturated carbocycles. The molecule has 4 aromatic rings. The Labute approximate surface area is 242 Å². The van der Waals surface area contributed by atoms with Gasteiger partial charge in [0.15, 0.2) is 29.2 Å². The van der Waals surface area contributed by atoms with Crippen LogP contribution in [0.15, 0.2) is 23.6 Å². The number of hydrogen-bond acceptors (Lipinski definition) is 13. The van der Waals surface area contributed by atoms with Crippen molar-refractivity contribution in [3.05, 3.63) is 35.0 Å². The molecule has 4 aromatic heterocycles. The van der Waals surface area contributed by atoms with E-state index in [9.17, 15) is 14.5 Å². The predicted octanol–water partition coefficient (Wildman–Crippen LogP) is 0.342. The number of hydrogen-bond donors (Lipinski definition) is 5. The van der Waals surface area contributed by atoms with Crippen molar-refractivity contribution in [3.8, 4) is 0 Å². The molecule has 5 rings (SSSR count). The van der Waals surface area contributed by atoms with E-state index in [2.05, 4.69) is 47.6 Å². The van der Waals surface area contributed by atoms with E-state index < -0.39 is 42.1 Å². The van der Waals surface area contributed by atoms with E-state index in [1.165, 1.54) is 23.4 Å². The lowest BCUT2D eigenvalue weighted by Crippen LogP contribution is -2.33. The van der Waals surface area contributed by atoms with Gasteiger partial charge >= 0.3 is 5.30 Å². The van der Waals surface area contributed by atoms with Crippen molar-refractivity contribution in [1.29, 1.82) is 0 Å². The van der Waals surface area contributed by atoms with E-state index in [1.807, 2.05) is 9.47 Å². The Morgan fingerprint density at radius 3 is 2.95 bits per heavy atom. The number of nitrogens with one attached hydrogen (secondary N) is 2. The molecule has 1 fully saturated rings. The van der Waals surface area contributed by atoms with E-state index in [-0.39, 0.29) is 43.4 Å². The molecule has 0 aliphatic carbocycles. The number of ether oxygens (including phenoxy) is 2. The summed E-state index contributed by atoms with van der Waals surface area (Å²) in [6.45, 7) is -4.10. The number of anilines is 1. The second-order valence-corrected chi connectivity index (χ2v) is 12.3.